The van der Waals surface area contributed by atoms with Crippen molar-refractivity contribution < 1.29 is 14.3 Å². The number of hydrogen-bond acceptors (Lipinski definition) is 4. The van der Waals surface area contributed by atoms with Crippen LogP contribution in [0.15, 0.2) is 18.2 Å². The second-order valence-corrected chi connectivity index (χ2v) is 4.11. The molecular weight excluding hydrogens is 253 g/mol. The van der Waals surface area contributed by atoms with Crippen LogP contribution in [0.25, 0.3) is 0 Å². The molecule has 0 N–H and O–H groups in total. The minimum atomic E-state index is -0.567. The van der Waals surface area contributed by atoms with Gasteiger partial charge in [0.2, 0.25) is 0 Å². The van der Waals surface area contributed by atoms with E-state index in [9.17, 15) is 9.59 Å². The van der Waals surface area contributed by atoms with Crippen LogP contribution < -0.4 is 4.90 Å². The molecule has 1 aliphatic rings. The van der Waals surface area contributed by atoms with Gasteiger partial charge in [0.05, 0.1) is 10.0 Å². The summed E-state index contributed by atoms with van der Waals surface area (Å²) in [7, 11) is 0. The molecule has 1 saturated heterocycles. The fourth-order valence-corrected chi connectivity index (χ4v) is 1.72. The van der Waals surface area contributed by atoms with E-state index in [1.807, 2.05) is 0 Å². The van der Waals surface area contributed by atoms with Gasteiger partial charge in [-0.25, -0.2) is 9.59 Å². The molecule has 1 heterocycles. The topological polar surface area (TPSA) is 46.6 Å². The zero-order chi connectivity index (χ0) is 11.7. The Morgan fingerprint density at radius 3 is 2.25 bits per heavy atom. The van der Waals surface area contributed by atoms with Crippen molar-refractivity contribution in [2.75, 3.05) is 18.0 Å². The van der Waals surface area contributed by atoms with Gasteiger partial charge in [-0.1, -0.05) is 23.2 Å². The molecule has 0 saturated carbocycles. The molecule has 0 atom stereocenters. The summed E-state index contributed by atoms with van der Waals surface area (Å²) in [4.78, 5) is 23.7. The molecule has 1 aromatic rings. The van der Waals surface area contributed by atoms with Crippen LogP contribution in [-0.2, 0) is 14.3 Å². The van der Waals surface area contributed by atoms with E-state index >= 15 is 0 Å². The van der Waals surface area contributed by atoms with Crippen molar-refractivity contribution in [2.24, 2.45) is 0 Å². The molecule has 1 aliphatic heterocycles. The summed E-state index contributed by atoms with van der Waals surface area (Å²) >= 11 is 11.6. The van der Waals surface area contributed by atoms with Gasteiger partial charge in [-0.05, 0) is 18.2 Å². The molecule has 0 aromatic heterocycles. The van der Waals surface area contributed by atoms with Gasteiger partial charge in [0.1, 0.15) is 13.1 Å². The Balaban J connectivity index is 2.26. The van der Waals surface area contributed by atoms with Gasteiger partial charge in [0.15, 0.2) is 0 Å². The molecule has 0 spiro atoms. The number of hydrogen-bond donors (Lipinski definition) is 0. The fourth-order valence-electron chi connectivity index (χ4n) is 1.42. The van der Waals surface area contributed by atoms with Crippen LogP contribution in [0, 0.1) is 0 Å². The predicted octanol–water partition coefficient (Wildman–Crippen LogP) is 1.88. The molecule has 0 aliphatic carbocycles. The number of halogens is 2. The average Bonchev–Trinajstić information content (AvgIpc) is 2.20. The van der Waals surface area contributed by atoms with Crippen molar-refractivity contribution in [2.45, 2.75) is 0 Å². The van der Waals surface area contributed by atoms with E-state index in [0.717, 1.165) is 0 Å². The van der Waals surface area contributed by atoms with Crippen molar-refractivity contribution >= 4 is 40.8 Å². The molecular formula is C10H7Cl2NO3. The molecule has 1 aromatic carbocycles. The molecule has 0 radical (unpaired) electrons. The molecule has 84 valence electrons. The highest BCUT2D eigenvalue weighted by Gasteiger charge is 2.25. The van der Waals surface area contributed by atoms with Gasteiger partial charge in [-0.15, -0.1) is 0 Å². The number of cyclic esters (lactones) is 2. The van der Waals surface area contributed by atoms with Crippen LogP contribution in [0.1, 0.15) is 0 Å². The summed E-state index contributed by atoms with van der Waals surface area (Å²) in [6, 6.07) is 4.92. The first-order valence-corrected chi connectivity index (χ1v) is 5.25. The van der Waals surface area contributed by atoms with Gasteiger partial charge in [-0.2, -0.15) is 0 Å². The molecule has 0 unspecified atom stereocenters. The van der Waals surface area contributed by atoms with Crippen molar-refractivity contribution in [3.05, 3.63) is 28.2 Å². The lowest BCUT2D eigenvalue weighted by atomic mass is 10.2. The number of rotatable bonds is 1. The van der Waals surface area contributed by atoms with E-state index in [0.29, 0.717) is 15.7 Å². The Morgan fingerprint density at radius 1 is 1.06 bits per heavy atom. The second kappa shape index (κ2) is 4.31. The summed E-state index contributed by atoms with van der Waals surface area (Å²) in [5.41, 5.74) is 0.666. The van der Waals surface area contributed by atoms with Crippen molar-refractivity contribution in [1.29, 1.82) is 0 Å². The van der Waals surface area contributed by atoms with Gasteiger partial charge in [0, 0.05) is 5.69 Å². The second-order valence-electron chi connectivity index (χ2n) is 3.30. The molecule has 1 fully saturated rings. The highest BCUT2D eigenvalue weighted by molar-refractivity contribution is 6.42. The van der Waals surface area contributed by atoms with Crippen LogP contribution in [0.4, 0.5) is 5.69 Å². The highest BCUT2D eigenvalue weighted by Crippen LogP contribution is 2.27. The van der Waals surface area contributed by atoms with E-state index in [1.165, 1.54) is 0 Å². The molecule has 6 heteroatoms. The third kappa shape index (κ3) is 2.28. The number of carbonyl (C=O) groups is 2. The Hall–Kier alpha value is -1.26. The lowest BCUT2D eigenvalue weighted by Crippen LogP contribution is -2.42. The number of esters is 2. The summed E-state index contributed by atoms with van der Waals surface area (Å²) in [5.74, 6) is -1.13. The number of benzene rings is 1. The lowest BCUT2D eigenvalue weighted by molar-refractivity contribution is -0.160. The van der Waals surface area contributed by atoms with Crippen molar-refractivity contribution in [3.8, 4) is 0 Å². The summed E-state index contributed by atoms with van der Waals surface area (Å²) < 4.78 is 4.41. The van der Waals surface area contributed by atoms with Crippen LogP contribution in [0.2, 0.25) is 10.0 Å². The number of ether oxygens (including phenoxy) is 1. The summed E-state index contributed by atoms with van der Waals surface area (Å²) in [6.07, 6.45) is 0. The number of nitrogens with zero attached hydrogens (tertiary/aromatic N) is 1. The van der Waals surface area contributed by atoms with Crippen LogP contribution in [-0.4, -0.2) is 25.0 Å². The van der Waals surface area contributed by atoms with Gasteiger partial charge >= 0.3 is 11.9 Å². The number of carbonyl (C=O) groups excluding carboxylic acids is 2. The Bertz CT molecular complexity index is 445. The summed E-state index contributed by atoms with van der Waals surface area (Å²) in [6.45, 7) is 0.0629. The van der Waals surface area contributed by atoms with Crippen molar-refractivity contribution in [3.63, 3.8) is 0 Å². The monoisotopic (exact) mass is 259 g/mol. The lowest BCUT2D eigenvalue weighted by Gasteiger charge is -2.26. The average molecular weight is 260 g/mol. The van der Waals surface area contributed by atoms with E-state index < -0.39 is 11.9 Å². The quantitative estimate of drug-likeness (QED) is 0.571. The molecule has 0 bridgehead atoms. The van der Waals surface area contributed by atoms with Crippen LogP contribution in [0.5, 0.6) is 0 Å². The SMILES string of the molecule is O=C1CN(c2ccc(Cl)c(Cl)c2)CC(=O)O1. The largest absolute Gasteiger partial charge is 0.390 e. The number of morpholine rings is 1. The van der Waals surface area contributed by atoms with Gasteiger partial charge < -0.3 is 9.64 Å². The zero-order valence-electron chi connectivity index (χ0n) is 8.07. The first-order chi connectivity index (χ1) is 7.56. The molecule has 2 rings (SSSR count). The standard InChI is InChI=1S/C10H7Cl2NO3/c11-7-2-1-6(3-8(7)12)13-4-9(14)16-10(15)5-13/h1-3H,4-5H2. The Morgan fingerprint density at radius 2 is 1.69 bits per heavy atom. The Kier molecular flexibility index (Phi) is 3.03. The first kappa shape index (κ1) is 11.2. The fraction of sp³-hybridized carbons (Fsp3) is 0.200. The minimum Gasteiger partial charge on any atom is -0.390 e. The molecule has 0 amide bonds. The predicted molar refractivity (Wildman–Crippen MR) is 59.8 cm³/mol. The third-order valence-corrected chi connectivity index (χ3v) is 2.87. The van der Waals surface area contributed by atoms with E-state index in [-0.39, 0.29) is 13.1 Å². The number of anilines is 1. The smallest absolute Gasteiger partial charge is 0.333 e. The van der Waals surface area contributed by atoms with E-state index in [1.54, 1.807) is 23.1 Å². The van der Waals surface area contributed by atoms with Gasteiger partial charge in [0.25, 0.3) is 0 Å². The van der Waals surface area contributed by atoms with E-state index in [2.05, 4.69) is 4.74 Å². The maximum atomic E-state index is 11.1. The van der Waals surface area contributed by atoms with E-state index in [4.69, 9.17) is 23.2 Å². The minimum absolute atomic E-state index is 0.0314. The molecule has 16 heavy (non-hydrogen) atoms. The zero-order valence-corrected chi connectivity index (χ0v) is 9.59. The first-order valence-electron chi connectivity index (χ1n) is 4.50. The van der Waals surface area contributed by atoms with Crippen LogP contribution in [0.3, 0.4) is 0 Å². The molecule has 4 nitrogen and oxygen atoms in total. The maximum absolute atomic E-state index is 11.1. The maximum Gasteiger partial charge on any atom is 0.333 e. The van der Waals surface area contributed by atoms with Crippen LogP contribution >= 0.6 is 23.2 Å². The highest BCUT2D eigenvalue weighted by atomic mass is 35.5. The van der Waals surface area contributed by atoms with Gasteiger partial charge in [-0.3, -0.25) is 0 Å². The third-order valence-electron chi connectivity index (χ3n) is 2.14. The normalized spacial score (nSPS) is 16.2. The Labute approximate surface area is 102 Å². The summed E-state index contributed by atoms with van der Waals surface area (Å²) in [5, 5.41) is 0.807. The van der Waals surface area contributed by atoms with Crippen molar-refractivity contribution in [1.82, 2.24) is 0 Å².